The van der Waals surface area contributed by atoms with E-state index in [2.05, 4.69) is 99.3 Å². The fraction of sp³-hybridized carbons (Fsp3) is 0.400. The average molecular weight is 627 g/mol. The minimum atomic E-state index is -3.56. The average Bonchev–Trinajstić information content (AvgIpc) is 3.22. The molecule has 0 amide bonds. The van der Waals surface area contributed by atoms with Crippen LogP contribution in [0.2, 0.25) is 14.3 Å². The minimum absolute atomic E-state index is 0. The van der Waals surface area contributed by atoms with Gasteiger partial charge in [-0.1, -0.05) is 0 Å². The van der Waals surface area contributed by atoms with E-state index in [1.54, 1.807) is 20.0 Å². The van der Waals surface area contributed by atoms with Crippen LogP contribution in [-0.2, 0) is 17.4 Å². The van der Waals surface area contributed by atoms with Gasteiger partial charge in [0.15, 0.2) is 0 Å². The van der Waals surface area contributed by atoms with Crippen molar-refractivity contribution in [2.45, 2.75) is 66.8 Å². The Morgan fingerprint density at radius 2 is 1.54 bits per heavy atom. The van der Waals surface area contributed by atoms with Crippen molar-refractivity contribution in [3.63, 3.8) is 0 Å². The Labute approximate surface area is 233 Å². The van der Waals surface area contributed by atoms with Crippen molar-refractivity contribution in [2.24, 2.45) is 5.92 Å². The molecule has 5 heteroatoms. The number of rotatable bonds is 6. The van der Waals surface area contributed by atoms with Crippen molar-refractivity contribution in [2.75, 3.05) is 0 Å². The zero-order valence-electron chi connectivity index (χ0n) is 22.3. The zero-order valence-corrected chi connectivity index (χ0v) is 28.6. The van der Waals surface area contributed by atoms with Gasteiger partial charge in [-0.25, -0.2) is 0 Å². The molecule has 2 atom stereocenters. The summed E-state index contributed by atoms with van der Waals surface area (Å²) in [5.74, 6) is 0.544. The Morgan fingerprint density at radius 1 is 0.914 bits per heavy atom. The molecule has 0 saturated carbocycles. The summed E-state index contributed by atoms with van der Waals surface area (Å²) >= 11 is 3.54. The third-order valence-electron chi connectivity index (χ3n) is 8.59. The fourth-order valence-electron chi connectivity index (χ4n) is 6.99. The summed E-state index contributed by atoms with van der Waals surface area (Å²) in [5.41, 5.74) is 11.9. The molecule has 2 aliphatic carbocycles. The van der Waals surface area contributed by atoms with Crippen molar-refractivity contribution in [3.05, 3.63) is 95.8 Å². The molecule has 0 aliphatic heterocycles. The summed E-state index contributed by atoms with van der Waals surface area (Å²) < 4.78 is 7.67. The van der Waals surface area contributed by atoms with Crippen molar-refractivity contribution >= 4 is 48.9 Å². The second-order valence-electron chi connectivity index (χ2n) is 11.4. The van der Waals surface area contributed by atoms with Gasteiger partial charge in [-0.2, -0.15) is 0 Å². The summed E-state index contributed by atoms with van der Waals surface area (Å²) in [6.07, 6.45) is 3.60. The molecule has 4 rings (SSSR count). The molecule has 0 N–H and O–H groups in total. The van der Waals surface area contributed by atoms with E-state index < -0.39 is 17.4 Å². The van der Waals surface area contributed by atoms with Crippen LogP contribution in [0.15, 0.2) is 74.1 Å². The number of hydrogen-bond acceptors (Lipinski definition) is 0. The maximum absolute atomic E-state index is 7.10. The van der Waals surface area contributed by atoms with Crippen LogP contribution in [0.5, 0.6) is 0 Å². The van der Waals surface area contributed by atoms with E-state index in [4.69, 9.17) is 11.6 Å². The Hall–Kier alpha value is -0.370. The number of hydrogen-bond donors (Lipinski definition) is 0. The molecule has 2 aliphatic rings. The van der Waals surface area contributed by atoms with Gasteiger partial charge in [0.1, 0.15) is 0 Å². The normalized spacial score (nSPS) is 20.1. The zero-order chi connectivity index (χ0) is 24.2. The van der Waals surface area contributed by atoms with Crippen LogP contribution >= 0.6 is 36.4 Å². The third-order valence-corrected chi connectivity index (χ3v) is 26.0. The molecule has 35 heavy (non-hydrogen) atoms. The second-order valence-corrected chi connectivity index (χ2v) is 41.2. The van der Waals surface area contributed by atoms with Gasteiger partial charge in [-0.15, -0.1) is 24.8 Å². The first-order valence-corrected chi connectivity index (χ1v) is 26.4. The number of allylic oxidation sites excluding steroid dienone is 5. The van der Waals surface area contributed by atoms with Gasteiger partial charge in [-0.05, 0) is 0 Å². The van der Waals surface area contributed by atoms with Gasteiger partial charge in [-0.3, -0.25) is 0 Å². The van der Waals surface area contributed by atoms with E-state index >= 15 is 0 Å². The number of halogens is 3. The summed E-state index contributed by atoms with van der Waals surface area (Å²) in [6.45, 7) is 14.2. The molecule has 0 spiro atoms. The SMILES string of the molecule is CCCCC1=C(c2ccccc2)c2cccc(Cl)c2[CH]1[Zr]([CH3])([CH3])(=[SiH2])[C]1=C(C)C(C)=C(C)C1C.Cl.Cl. The van der Waals surface area contributed by atoms with Gasteiger partial charge >= 0.3 is 210 Å². The van der Waals surface area contributed by atoms with Gasteiger partial charge in [0.2, 0.25) is 0 Å². The van der Waals surface area contributed by atoms with Crippen LogP contribution in [0, 0.1) is 5.92 Å². The first-order valence-electron chi connectivity index (χ1n) is 12.5. The number of unbranched alkanes of at least 4 members (excludes halogenated alkanes) is 1. The fourth-order valence-corrected chi connectivity index (χ4v) is 28.3. The molecule has 0 saturated heterocycles. The van der Waals surface area contributed by atoms with Crippen LogP contribution < -0.4 is 0 Å². The minimum Gasteiger partial charge on any atom is -0.147 e. The van der Waals surface area contributed by atoms with Gasteiger partial charge in [0, 0.05) is 0 Å². The van der Waals surface area contributed by atoms with E-state index in [1.807, 2.05) is 0 Å². The molecular formula is C30H41Cl3SiZr. The third kappa shape index (κ3) is 5.05. The Bertz CT molecular complexity index is 1280. The van der Waals surface area contributed by atoms with E-state index in [9.17, 15) is 0 Å². The topological polar surface area (TPSA) is 0 Å². The quantitative estimate of drug-likeness (QED) is 0.280. The van der Waals surface area contributed by atoms with E-state index in [1.165, 1.54) is 40.7 Å². The molecule has 0 bridgehead atoms. The Kier molecular flexibility index (Phi) is 9.84. The van der Waals surface area contributed by atoms with Crippen LogP contribution in [0.3, 0.4) is 0 Å². The predicted octanol–water partition coefficient (Wildman–Crippen LogP) is 9.82. The molecule has 190 valence electrons. The summed E-state index contributed by atoms with van der Waals surface area (Å²) in [6, 6.07) is 17.7. The molecule has 0 fully saturated rings. The molecule has 2 aromatic rings. The van der Waals surface area contributed by atoms with Crippen LogP contribution in [0.25, 0.3) is 5.57 Å². The molecule has 0 radical (unpaired) electrons. The number of benzene rings is 2. The maximum atomic E-state index is 7.10. The summed E-state index contributed by atoms with van der Waals surface area (Å²) in [7, 11) is 0. The van der Waals surface area contributed by atoms with Crippen molar-refractivity contribution in [3.8, 4) is 0 Å². The van der Waals surface area contributed by atoms with Crippen molar-refractivity contribution in [1.29, 1.82) is 0 Å². The molecule has 2 aromatic carbocycles. The summed E-state index contributed by atoms with van der Waals surface area (Å²) in [5, 5.41) is 0.957. The van der Waals surface area contributed by atoms with Crippen LogP contribution in [0.4, 0.5) is 0 Å². The largest absolute Gasteiger partial charge is 0.147 e. The molecule has 2 unspecified atom stereocenters. The van der Waals surface area contributed by atoms with E-state index in [0.717, 1.165) is 11.4 Å². The summed E-state index contributed by atoms with van der Waals surface area (Å²) in [4.78, 5) is 0. The van der Waals surface area contributed by atoms with Crippen LogP contribution in [0.1, 0.15) is 74.2 Å². The monoisotopic (exact) mass is 624 g/mol. The molecule has 0 heterocycles. The first kappa shape index (κ1) is 30.9. The molecular weight excluding hydrogens is 586 g/mol. The predicted molar refractivity (Wildman–Crippen MR) is 161 cm³/mol. The van der Waals surface area contributed by atoms with E-state index in [0.29, 0.717) is 9.54 Å². The first-order chi connectivity index (χ1) is 15.5. The van der Waals surface area contributed by atoms with Crippen molar-refractivity contribution < 1.29 is 17.4 Å². The maximum Gasteiger partial charge on any atom is -0.147 e. The van der Waals surface area contributed by atoms with Gasteiger partial charge in [0.25, 0.3) is 0 Å². The smallest absolute Gasteiger partial charge is 0.147 e. The van der Waals surface area contributed by atoms with Crippen LogP contribution in [-0.4, -0.2) is 6.88 Å². The second kappa shape index (κ2) is 11.2. The van der Waals surface area contributed by atoms with Crippen molar-refractivity contribution in [1.82, 2.24) is 0 Å². The Morgan fingerprint density at radius 3 is 2.09 bits per heavy atom. The Balaban J connectivity index is 0.00000216. The number of fused-ring (bicyclic) bond motifs is 1. The molecule has 0 aromatic heterocycles. The standard InChI is InChI=1S/C19H18Cl.C9H13.2CH3.2ClH.H2Si.Zr/c1-2-3-8-15-13-17-16(11-7-12-18(17)20)19(15)14-9-5-4-6-10-14;1-6-5-7(2)9(4)8(6)3;;;;;;/h4-7,9-13H,2-3,8H2,1H3;6H,1-4H3;2*1H3;2*1H;1H2;. The van der Waals surface area contributed by atoms with Gasteiger partial charge in [0.05, 0.1) is 0 Å². The van der Waals surface area contributed by atoms with E-state index in [-0.39, 0.29) is 24.8 Å². The molecule has 0 nitrogen and oxygen atoms in total. The van der Waals surface area contributed by atoms with Gasteiger partial charge < -0.3 is 0 Å².